The lowest BCUT2D eigenvalue weighted by molar-refractivity contribution is 0.373. The molecule has 3 aliphatic rings. The standard InChI is InChI=1S/C36H28N4O2/c1-37(2)25-17-19-26(20-18-25)38-35(41)39-29-21-22-30(40(39)36(38)42)34-32(24-13-7-4-8-14-24)28-16-10-9-15-27(28)31(33(29)34)23-11-5-3-6-12-23/h3-22,29-30H,1-2H3. The van der Waals surface area contributed by atoms with Crippen molar-refractivity contribution in [2.24, 2.45) is 0 Å². The molecule has 5 aromatic carbocycles. The lowest BCUT2D eigenvalue weighted by Gasteiger charge is -2.39. The van der Waals surface area contributed by atoms with Crippen LogP contribution in [0.1, 0.15) is 23.2 Å². The molecule has 2 bridgehead atoms. The number of hydrogen-bond acceptors (Lipinski definition) is 3. The van der Waals surface area contributed by atoms with Crippen LogP contribution in [0.15, 0.2) is 131 Å². The highest BCUT2D eigenvalue weighted by molar-refractivity contribution is 6.08. The number of rotatable bonds is 4. The summed E-state index contributed by atoms with van der Waals surface area (Å²) in [5, 5.41) is 2.26. The smallest absolute Gasteiger partial charge is 0.352 e. The molecule has 3 heterocycles. The summed E-state index contributed by atoms with van der Waals surface area (Å²) in [5.41, 5.74) is 7.43. The van der Waals surface area contributed by atoms with Crippen molar-refractivity contribution >= 4 is 16.5 Å². The molecule has 0 saturated carbocycles. The Morgan fingerprint density at radius 1 is 0.548 bits per heavy atom. The van der Waals surface area contributed by atoms with E-state index in [0.717, 1.165) is 49.8 Å². The lowest BCUT2D eigenvalue weighted by atomic mass is 9.75. The van der Waals surface area contributed by atoms with Gasteiger partial charge in [0.15, 0.2) is 0 Å². The number of aromatic nitrogens is 3. The Morgan fingerprint density at radius 2 is 0.976 bits per heavy atom. The number of hydrogen-bond donors (Lipinski definition) is 0. The van der Waals surface area contributed by atoms with Gasteiger partial charge in [-0.1, -0.05) is 97.1 Å². The van der Waals surface area contributed by atoms with E-state index < -0.39 is 12.1 Å². The second kappa shape index (κ2) is 9.08. The molecule has 1 aromatic heterocycles. The number of fused-ring (bicyclic) bond motifs is 1. The fraction of sp³-hybridized carbons (Fsp3) is 0.111. The van der Waals surface area contributed by atoms with Crippen LogP contribution in [-0.4, -0.2) is 28.0 Å². The van der Waals surface area contributed by atoms with Crippen molar-refractivity contribution in [1.82, 2.24) is 13.9 Å². The zero-order valence-electron chi connectivity index (χ0n) is 23.3. The third-order valence-corrected chi connectivity index (χ3v) is 8.64. The van der Waals surface area contributed by atoms with Gasteiger partial charge in [0.2, 0.25) is 0 Å². The normalized spacial score (nSPS) is 16.4. The number of benzene rings is 5. The molecule has 6 heteroatoms. The Morgan fingerprint density at radius 3 is 1.40 bits per heavy atom. The molecular weight excluding hydrogens is 520 g/mol. The van der Waals surface area contributed by atoms with E-state index in [0.29, 0.717) is 5.69 Å². The Kier molecular flexibility index (Phi) is 5.28. The van der Waals surface area contributed by atoms with Gasteiger partial charge in [0.25, 0.3) is 0 Å². The first-order valence-electron chi connectivity index (χ1n) is 14.2. The van der Waals surface area contributed by atoms with Crippen LogP contribution in [0.25, 0.3) is 38.7 Å². The minimum atomic E-state index is -0.435. The van der Waals surface area contributed by atoms with Gasteiger partial charge < -0.3 is 4.90 Å². The van der Waals surface area contributed by atoms with Crippen molar-refractivity contribution in [3.05, 3.63) is 153 Å². The van der Waals surface area contributed by atoms with Crippen molar-refractivity contribution in [2.75, 3.05) is 19.0 Å². The van der Waals surface area contributed by atoms with Crippen LogP contribution >= 0.6 is 0 Å². The third kappa shape index (κ3) is 3.32. The summed E-state index contributed by atoms with van der Waals surface area (Å²) in [6.07, 6.45) is 4.17. The number of anilines is 1. The molecule has 0 saturated heterocycles. The first kappa shape index (κ1) is 24.4. The van der Waals surface area contributed by atoms with E-state index in [9.17, 15) is 9.59 Å². The predicted octanol–water partition coefficient (Wildman–Crippen LogP) is 6.42. The van der Waals surface area contributed by atoms with Crippen LogP contribution in [0.2, 0.25) is 0 Å². The van der Waals surface area contributed by atoms with Gasteiger partial charge in [0.1, 0.15) is 0 Å². The molecule has 1 aliphatic carbocycles. The summed E-state index contributed by atoms with van der Waals surface area (Å²) in [4.78, 5) is 30.4. The largest absolute Gasteiger partial charge is 0.378 e. The molecule has 0 amide bonds. The molecule has 2 atom stereocenters. The van der Waals surface area contributed by atoms with Gasteiger partial charge in [-0.3, -0.25) is 0 Å². The van der Waals surface area contributed by atoms with E-state index in [1.807, 2.05) is 55.4 Å². The quantitative estimate of drug-likeness (QED) is 0.239. The maximum Gasteiger partial charge on any atom is 0.352 e. The topological polar surface area (TPSA) is 52.2 Å². The molecule has 6 aromatic rings. The second-order valence-electron chi connectivity index (χ2n) is 11.1. The maximum absolute atomic E-state index is 14.2. The van der Waals surface area contributed by atoms with Crippen molar-refractivity contribution < 1.29 is 0 Å². The van der Waals surface area contributed by atoms with Crippen LogP contribution in [-0.2, 0) is 0 Å². The van der Waals surface area contributed by atoms with E-state index in [-0.39, 0.29) is 11.4 Å². The molecule has 0 fully saturated rings. The zero-order valence-corrected chi connectivity index (χ0v) is 23.3. The van der Waals surface area contributed by atoms with E-state index in [1.54, 1.807) is 9.36 Å². The van der Waals surface area contributed by atoms with E-state index >= 15 is 0 Å². The average molecular weight is 549 g/mol. The summed E-state index contributed by atoms with van der Waals surface area (Å²) in [6.45, 7) is 0. The molecule has 2 aliphatic heterocycles. The summed E-state index contributed by atoms with van der Waals surface area (Å²) in [5.74, 6) is 0. The molecule has 42 heavy (non-hydrogen) atoms. The van der Waals surface area contributed by atoms with Gasteiger partial charge in [-0.15, -0.1) is 0 Å². The van der Waals surface area contributed by atoms with Gasteiger partial charge in [-0.25, -0.2) is 23.5 Å². The molecule has 0 N–H and O–H groups in total. The monoisotopic (exact) mass is 548 g/mol. The lowest BCUT2D eigenvalue weighted by Crippen LogP contribution is -2.41. The highest BCUT2D eigenvalue weighted by atomic mass is 16.2. The Hall–Kier alpha value is -5.36. The number of allylic oxidation sites excluding steroid dienone is 2. The third-order valence-electron chi connectivity index (χ3n) is 8.64. The van der Waals surface area contributed by atoms with Crippen molar-refractivity contribution in [1.29, 1.82) is 0 Å². The molecule has 204 valence electrons. The first-order valence-corrected chi connectivity index (χ1v) is 14.2. The molecule has 2 unspecified atom stereocenters. The van der Waals surface area contributed by atoms with Crippen LogP contribution < -0.4 is 16.3 Å². The fourth-order valence-corrected chi connectivity index (χ4v) is 6.83. The summed E-state index contributed by atoms with van der Waals surface area (Å²) in [6, 6.07) is 35.9. The van der Waals surface area contributed by atoms with E-state index in [1.165, 1.54) is 4.57 Å². The number of nitrogens with zero attached hydrogens (tertiary/aromatic N) is 4. The Bertz CT molecular complexity index is 2020. The highest BCUT2D eigenvalue weighted by Crippen LogP contribution is 2.52. The summed E-state index contributed by atoms with van der Waals surface area (Å²) < 4.78 is 4.62. The van der Waals surface area contributed by atoms with Crippen molar-refractivity contribution in [2.45, 2.75) is 12.1 Å². The van der Waals surface area contributed by atoms with Gasteiger partial charge >= 0.3 is 11.4 Å². The SMILES string of the molecule is CN(C)c1ccc(-n2c(=O)n3n(c2=O)C2C=CC3c3c2c(-c2ccccc2)c2ccccc2c3-c2ccccc2)cc1. The predicted molar refractivity (Wildman–Crippen MR) is 169 cm³/mol. The Balaban J connectivity index is 1.48. The van der Waals surface area contributed by atoms with Crippen LogP contribution in [0.3, 0.4) is 0 Å². The van der Waals surface area contributed by atoms with Crippen LogP contribution in [0, 0.1) is 0 Å². The zero-order chi connectivity index (χ0) is 28.5. The van der Waals surface area contributed by atoms with Crippen LogP contribution in [0.4, 0.5) is 5.69 Å². The minimum Gasteiger partial charge on any atom is -0.378 e. The van der Waals surface area contributed by atoms with Crippen molar-refractivity contribution in [3.63, 3.8) is 0 Å². The van der Waals surface area contributed by atoms with Gasteiger partial charge in [0.05, 0.1) is 17.8 Å². The molecule has 6 nitrogen and oxygen atoms in total. The van der Waals surface area contributed by atoms with Gasteiger partial charge in [-0.2, -0.15) is 0 Å². The van der Waals surface area contributed by atoms with E-state index in [2.05, 4.69) is 84.9 Å². The van der Waals surface area contributed by atoms with Crippen molar-refractivity contribution in [3.8, 4) is 27.9 Å². The Labute approximate surface area is 242 Å². The second-order valence-corrected chi connectivity index (χ2v) is 11.1. The van der Waals surface area contributed by atoms with Gasteiger partial charge in [0, 0.05) is 19.8 Å². The minimum absolute atomic E-state index is 0.337. The van der Waals surface area contributed by atoms with Gasteiger partial charge in [-0.05, 0) is 68.4 Å². The highest BCUT2D eigenvalue weighted by Gasteiger charge is 2.42. The van der Waals surface area contributed by atoms with Crippen LogP contribution in [0.5, 0.6) is 0 Å². The van der Waals surface area contributed by atoms with E-state index in [4.69, 9.17) is 0 Å². The first-order chi connectivity index (χ1) is 20.5. The fourth-order valence-electron chi connectivity index (χ4n) is 6.83. The maximum atomic E-state index is 14.2. The summed E-state index contributed by atoms with van der Waals surface area (Å²) in [7, 11) is 3.93. The summed E-state index contributed by atoms with van der Waals surface area (Å²) >= 11 is 0. The average Bonchev–Trinajstić information content (AvgIpc) is 3.31. The molecule has 0 radical (unpaired) electrons. The molecule has 9 rings (SSSR count). The molecule has 0 spiro atoms. The molecular formula is C36H28N4O2.